The van der Waals surface area contributed by atoms with E-state index in [0.717, 1.165) is 0 Å². The summed E-state index contributed by atoms with van der Waals surface area (Å²) in [4.78, 5) is 12.0. The van der Waals surface area contributed by atoms with Gasteiger partial charge in [0.15, 0.2) is 6.10 Å². The Balaban J connectivity index is 1.71. The standard InChI is InChI=1S/C15H13ClN2O4S/c16-10-5-7-11(8-6-10)23(20,21)17-9-14-15(19)18-12-3-1-2-4-13(12)22-14/h1-8,14,17H,9H2,(H,18,19). The van der Waals surface area contributed by atoms with Gasteiger partial charge in [0, 0.05) is 5.02 Å². The summed E-state index contributed by atoms with van der Waals surface area (Å²) in [6.07, 6.45) is -0.938. The fourth-order valence-electron chi connectivity index (χ4n) is 2.11. The van der Waals surface area contributed by atoms with Crippen molar-refractivity contribution in [3.8, 4) is 5.75 Å². The van der Waals surface area contributed by atoms with Crippen molar-refractivity contribution in [3.63, 3.8) is 0 Å². The minimum atomic E-state index is -3.75. The molecule has 0 saturated carbocycles. The molecule has 1 atom stereocenters. The second-order valence-corrected chi connectivity index (χ2v) is 7.10. The second kappa shape index (κ2) is 6.19. The van der Waals surface area contributed by atoms with Gasteiger partial charge >= 0.3 is 0 Å². The third kappa shape index (κ3) is 3.47. The highest BCUT2D eigenvalue weighted by molar-refractivity contribution is 7.89. The van der Waals surface area contributed by atoms with Gasteiger partial charge in [-0.15, -0.1) is 0 Å². The summed E-state index contributed by atoms with van der Waals surface area (Å²) in [5, 5.41) is 3.12. The van der Waals surface area contributed by atoms with Gasteiger partial charge in [0.25, 0.3) is 5.91 Å². The number of para-hydroxylation sites is 2. The highest BCUT2D eigenvalue weighted by atomic mass is 35.5. The van der Waals surface area contributed by atoms with E-state index in [1.54, 1.807) is 24.3 Å². The predicted octanol–water partition coefficient (Wildman–Crippen LogP) is 2.02. The van der Waals surface area contributed by atoms with Crippen LogP contribution in [0.4, 0.5) is 5.69 Å². The zero-order valence-corrected chi connectivity index (χ0v) is 13.4. The molecule has 2 aromatic carbocycles. The van der Waals surface area contributed by atoms with E-state index < -0.39 is 22.0 Å². The summed E-state index contributed by atoms with van der Waals surface area (Å²) in [6.45, 7) is -0.175. The first-order chi connectivity index (χ1) is 11.0. The van der Waals surface area contributed by atoms with E-state index in [4.69, 9.17) is 16.3 Å². The van der Waals surface area contributed by atoms with Gasteiger partial charge in [0.1, 0.15) is 5.75 Å². The van der Waals surface area contributed by atoms with Gasteiger partial charge in [-0.3, -0.25) is 4.79 Å². The van der Waals surface area contributed by atoms with Crippen molar-refractivity contribution in [3.05, 3.63) is 53.6 Å². The van der Waals surface area contributed by atoms with Gasteiger partial charge in [0.2, 0.25) is 10.0 Å². The normalized spacial score (nSPS) is 17.1. The predicted molar refractivity (Wildman–Crippen MR) is 86.1 cm³/mol. The molecule has 0 radical (unpaired) electrons. The fraction of sp³-hybridized carbons (Fsp3) is 0.133. The maximum atomic E-state index is 12.2. The molecule has 1 heterocycles. The van der Waals surface area contributed by atoms with Crippen molar-refractivity contribution >= 4 is 33.2 Å². The molecule has 1 amide bonds. The number of benzene rings is 2. The number of halogens is 1. The Hall–Kier alpha value is -2.09. The first-order valence-corrected chi connectivity index (χ1v) is 8.63. The minimum absolute atomic E-state index is 0.0681. The van der Waals surface area contributed by atoms with Crippen LogP contribution in [0, 0.1) is 0 Å². The van der Waals surface area contributed by atoms with Crippen LogP contribution in [0.25, 0.3) is 0 Å². The Morgan fingerprint density at radius 3 is 2.57 bits per heavy atom. The number of sulfonamides is 1. The first-order valence-electron chi connectivity index (χ1n) is 6.77. The summed E-state index contributed by atoms with van der Waals surface area (Å²) in [7, 11) is -3.75. The van der Waals surface area contributed by atoms with E-state index in [1.807, 2.05) is 0 Å². The topological polar surface area (TPSA) is 84.5 Å². The fourth-order valence-corrected chi connectivity index (χ4v) is 3.27. The van der Waals surface area contributed by atoms with Gasteiger partial charge in [-0.2, -0.15) is 0 Å². The third-order valence-corrected chi connectivity index (χ3v) is 4.98. The van der Waals surface area contributed by atoms with E-state index in [9.17, 15) is 13.2 Å². The van der Waals surface area contributed by atoms with E-state index in [-0.39, 0.29) is 11.4 Å². The van der Waals surface area contributed by atoms with Crippen molar-refractivity contribution in [1.82, 2.24) is 4.72 Å². The molecule has 0 aliphatic carbocycles. The van der Waals surface area contributed by atoms with Crippen LogP contribution in [-0.4, -0.2) is 27.0 Å². The number of rotatable bonds is 4. The molecule has 23 heavy (non-hydrogen) atoms. The Morgan fingerprint density at radius 2 is 1.83 bits per heavy atom. The number of hydrogen-bond acceptors (Lipinski definition) is 4. The minimum Gasteiger partial charge on any atom is -0.477 e. The zero-order chi connectivity index (χ0) is 16.4. The molecule has 0 bridgehead atoms. The number of ether oxygens (including phenoxy) is 1. The molecule has 0 fully saturated rings. The van der Waals surface area contributed by atoms with Gasteiger partial charge in [0.05, 0.1) is 17.1 Å². The van der Waals surface area contributed by atoms with Crippen molar-refractivity contribution < 1.29 is 17.9 Å². The number of carbonyl (C=O) groups is 1. The second-order valence-electron chi connectivity index (χ2n) is 4.90. The van der Waals surface area contributed by atoms with Gasteiger partial charge in [-0.05, 0) is 36.4 Å². The van der Waals surface area contributed by atoms with E-state index in [2.05, 4.69) is 10.0 Å². The Morgan fingerprint density at radius 1 is 1.13 bits per heavy atom. The van der Waals surface area contributed by atoms with Gasteiger partial charge in [-0.25, -0.2) is 13.1 Å². The highest BCUT2D eigenvalue weighted by Crippen LogP contribution is 2.28. The van der Waals surface area contributed by atoms with Crippen LogP contribution in [0.2, 0.25) is 5.02 Å². The molecule has 3 rings (SSSR count). The van der Waals surface area contributed by atoms with E-state index >= 15 is 0 Å². The lowest BCUT2D eigenvalue weighted by Gasteiger charge is -2.25. The molecule has 1 unspecified atom stereocenters. The first kappa shape index (κ1) is 15.8. The summed E-state index contributed by atoms with van der Waals surface area (Å²) in [5.74, 6) is 0.102. The van der Waals surface area contributed by atoms with Gasteiger partial charge < -0.3 is 10.1 Å². The molecule has 120 valence electrons. The van der Waals surface area contributed by atoms with Crippen molar-refractivity contribution in [2.45, 2.75) is 11.0 Å². The smallest absolute Gasteiger partial charge is 0.266 e. The summed E-state index contributed by atoms with van der Waals surface area (Å²) >= 11 is 5.74. The molecule has 2 aromatic rings. The van der Waals surface area contributed by atoms with E-state index in [1.165, 1.54) is 24.3 Å². The lowest BCUT2D eigenvalue weighted by molar-refractivity contribution is -0.123. The Labute approximate surface area is 138 Å². The number of carbonyl (C=O) groups excluding carboxylic acids is 1. The molecule has 0 aromatic heterocycles. The zero-order valence-electron chi connectivity index (χ0n) is 11.8. The monoisotopic (exact) mass is 352 g/mol. The quantitative estimate of drug-likeness (QED) is 0.881. The van der Waals surface area contributed by atoms with Crippen LogP contribution in [0.15, 0.2) is 53.4 Å². The van der Waals surface area contributed by atoms with Crippen molar-refractivity contribution in [2.24, 2.45) is 0 Å². The number of nitrogens with one attached hydrogen (secondary N) is 2. The van der Waals surface area contributed by atoms with E-state index in [0.29, 0.717) is 16.5 Å². The molecule has 2 N–H and O–H groups in total. The van der Waals surface area contributed by atoms with Crippen LogP contribution in [0.3, 0.4) is 0 Å². The maximum Gasteiger partial charge on any atom is 0.266 e. The number of amides is 1. The summed E-state index contributed by atoms with van der Waals surface area (Å²) in [5.41, 5.74) is 0.564. The average molecular weight is 353 g/mol. The molecule has 6 nitrogen and oxygen atoms in total. The molecule has 0 spiro atoms. The molecule has 8 heteroatoms. The SMILES string of the molecule is O=C1Nc2ccccc2OC1CNS(=O)(=O)c1ccc(Cl)cc1. The molecule has 1 aliphatic heterocycles. The largest absolute Gasteiger partial charge is 0.477 e. The Kier molecular flexibility index (Phi) is 4.25. The molecule has 0 saturated heterocycles. The Bertz CT molecular complexity index is 837. The molecular formula is C15H13ClN2O4S. The molecule has 1 aliphatic rings. The number of anilines is 1. The maximum absolute atomic E-state index is 12.2. The van der Waals surface area contributed by atoms with Gasteiger partial charge in [-0.1, -0.05) is 23.7 Å². The highest BCUT2D eigenvalue weighted by Gasteiger charge is 2.28. The van der Waals surface area contributed by atoms with Crippen LogP contribution in [0.5, 0.6) is 5.75 Å². The van der Waals surface area contributed by atoms with Crippen LogP contribution < -0.4 is 14.8 Å². The molecular weight excluding hydrogens is 340 g/mol. The van der Waals surface area contributed by atoms with Crippen molar-refractivity contribution in [1.29, 1.82) is 0 Å². The third-order valence-electron chi connectivity index (χ3n) is 3.29. The lowest BCUT2D eigenvalue weighted by atomic mass is 10.2. The average Bonchev–Trinajstić information content (AvgIpc) is 2.53. The van der Waals surface area contributed by atoms with Crippen molar-refractivity contribution in [2.75, 3.05) is 11.9 Å². The lowest BCUT2D eigenvalue weighted by Crippen LogP contribution is -2.45. The van der Waals surface area contributed by atoms with Crippen LogP contribution in [-0.2, 0) is 14.8 Å². The summed E-state index contributed by atoms with van der Waals surface area (Å²) < 4.78 is 32.3. The van der Waals surface area contributed by atoms with Crippen LogP contribution in [0.1, 0.15) is 0 Å². The summed E-state index contributed by atoms with van der Waals surface area (Å²) in [6, 6.07) is 12.7. The number of hydrogen-bond donors (Lipinski definition) is 2. The number of fused-ring (bicyclic) bond motifs is 1. The van der Waals surface area contributed by atoms with Crippen LogP contribution >= 0.6 is 11.6 Å².